The van der Waals surface area contributed by atoms with Gasteiger partial charge in [-0.2, -0.15) is 0 Å². The fraction of sp³-hybridized carbons (Fsp3) is 0.250. The Labute approximate surface area is 108 Å². The average molecular weight is 325 g/mol. The van der Waals surface area contributed by atoms with Gasteiger partial charge in [-0.05, 0) is 53.6 Å². The highest BCUT2D eigenvalue weighted by Gasteiger charge is 2.22. The fourth-order valence-corrected chi connectivity index (χ4v) is 2.18. The van der Waals surface area contributed by atoms with E-state index in [-0.39, 0.29) is 0 Å². The summed E-state index contributed by atoms with van der Waals surface area (Å²) < 4.78 is 3.33. The van der Waals surface area contributed by atoms with E-state index in [9.17, 15) is 0 Å². The normalized spacial score (nSPS) is 15.1. The van der Waals surface area contributed by atoms with Crippen LogP contribution in [0.4, 0.5) is 5.95 Å². The number of hydrogen-bond donors (Lipinski definition) is 1. The van der Waals surface area contributed by atoms with Crippen LogP contribution in [-0.4, -0.2) is 15.6 Å². The predicted molar refractivity (Wildman–Crippen MR) is 72.9 cm³/mol. The monoisotopic (exact) mass is 325 g/mol. The van der Waals surface area contributed by atoms with E-state index in [0.717, 1.165) is 11.6 Å². The lowest BCUT2D eigenvalue weighted by Crippen LogP contribution is -2.07. The van der Waals surface area contributed by atoms with E-state index in [4.69, 9.17) is 0 Å². The van der Waals surface area contributed by atoms with Gasteiger partial charge in [0.05, 0.1) is 0 Å². The van der Waals surface area contributed by atoms with Crippen LogP contribution in [0, 0.1) is 3.57 Å². The van der Waals surface area contributed by atoms with E-state index >= 15 is 0 Å². The van der Waals surface area contributed by atoms with E-state index in [1.165, 1.54) is 16.4 Å². The van der Waals surface area contributed by atoms with Crippen LogP contribution in [0.1, 0.15) is 12.8 Å². The van der Waals surface area contributed by atoms with Gasteiger partial charge in [0.25, 0.3) is 0 Å². The summed E-state index contributed by atoms with van der Waals surface area (Å²) in [5, 5.41) is 3.43. The molecular weight excluding hydrogens is 313 g/mol. The van der Waals surface area contributed by atoms with Crippen molar-refractivity contribution < 1.29 is 0 Å². The molecule has 3 rings (SSSR count). The molecule has 1 aromatic heterocycles. The van der Waals surface area contributed by atoms with Crippen LogP contribution in [0.15, 0.2) is 36.7 Å². The third kappa shape index (κ3) is 2.07. The number of imidazole rings is 1. The van der Waals surface area contributed by atoms with Crippen LogP contribution in [0.5, 0.6) is 0 Å². The van der Waals surface area contributed by atoms with E-state index in [1.807, 2.05) is 12.4 Å². The first-order chi connectivity index (χ1) is 7.83. The highest BCUT2D eigenvalue weighted by molar-refractivity contribution is 14.1. The van der Waals surface area contributed by atoms with Crippen molar-refractivity contribution in [3.05, 3.63) is 40.2 Å². The van der Waals surface area contributed by atoms with E-state index < -0.39 is 0 Å². The minimum Gasteiger partial charge on any atom is -0.353 e. The van der Waals surface area contributed by atoms with Gasteiger partial charge in [0.15, 0.2) is 0 Å². The Kier molecular flexibility index (Phi) is 2.59. The zero-order valence-corrected chi connectivity index (χ0v) is 10.9. The van der Waals surface area contributed by atoms with Crippen LogP contribution in [0.25, 0.3) is 5.69 Å². The van der Waals surface area contributed by atoms with Gasteiger partial charge in [-0.25, -0.2) is 4.98 Å². The molecule has 1 heterocycles. The molecule has 4 heteroatoms. The lowest BCUT2D eigenvalue weighted by Gasteiger charge is -2.09. The van der Waals surface area contributed by atoms with Crippen molar-refractivity contribution in [2.24, 2.45) is 0 Å². The molecule has 0 atom stereocenters. The summed E-state index contributed by atoms with van der Waals surface area (Å²) in [4.78, 5) is 4.35. The molecule has 0 radical (unpaired) electrons. The molecule has 1 aromatic carbocycles. The Bertz CT molecular complexity index is 502. The average Bonchev–Trinajstić information content (AvgIpc) is 2.95. The highest BCUT2D eigenvalue weighted by Crippen LogP contribution is 2.25. The largest absolute Gasteiger partial charge is 0.353 e. The Morgan fingerprint density at radius 2 is 2.25 bits per heavy atom. The molecular formula is C12H12IN3. The highest BCUT2D eigenvalue weighted by atomic mass is 127. The Hall–Kier alpha value is -1.04. The number of nitrogens with one attached hydrogen (secondary N) is 1. The minimum atomic E-state index is 0.629. The molecule has 0 bridgehead atoms. The SMILES string of the molecule is Ic1cccc(-n2ccnc2NC2CC2)c1. The summed E-state index contributed by atoms with van der Waals surface area (Å²) in [6.45, 7) is 0. The maximum atomic E-state index is 4.35. The van der Waals surface area contributed by atoms with Crippen molar-refractivity contribution in [3.63, 3.8) is 0 Å². The van der Waals surface area contributed by atoms with Crippen molar-refractivity contribution in [2.45, 2.75) is 18.9 Å². The van der Waals surface area contributed by atoms with Crippen molar-refractivity contribution in [2.75, 3.05) is 5.32 Å². The smallest absolute Gasteiger partial charge is 0.207 e. The van der Waals surface area contributed by atoms with Crippen molar-refractivity contribution in [1.29, 1.82) is 0 Å². The van der Waals surface area contributed by atoms with E-state index in [1.54, 1.807) is 0 Å². The third-order valence-corrected chi connectivity index (χ3v) is 3.31. The zero-order chi connectivity index (χ0) is 11.0. The summed E-state index contributed by atoms with van der Waals surface area (Å²) in [6, 6.07) is 9.04. The molecule has 1 saturated carbocycles. The number of aromatic nitrogens is 2. The summed E-state index contributed by atoms with van der Waals surface area (Å²) >= 11 is 2.33. The lowest BCUT2D eigenvalue weighted by atomic mass is 10.3. The van der Waals surface area contributed by atoms with Gasteiger partial charge in [0.2, 0.25) is 5.95 Å². The number of benzene rings is 1. The minimum absolute atomic E-state index is 0.629. The number of nitrogens with zero attached hydrogens (tertiary/aromatic N) is 2. The molecule has 2 aromatic rings. The summed E-state index contributed by atoms with van der Waals surface area (Å²) in [6.07, 6.45) is 6.36. The Morgan fingerprint density at radius 3 is 3.00 bits per heavy atom. The second-order valence-corrected chi connectivity index (χ2v) is 5.26. The van der Waals surface area contributed by atoms with Gasteiger partial charge < -0.3 is 5.32 Å². The topological polar surface area (TPSA) is 29.9 Å². The predicted octanol–water partition coefficient (Wildman–Crippen LogP) is 3.05. The van der Waals surface area contributed by atoms with Crippen molar-refractivity contribution >= 4 is 28.5 Å². The quantitative estimate of drug-likeness (QED) is 0.879. The molecule has 82 valence electrons. The second-order valence-electron chi connectivity index (χ2n) is 4.02. The van der Waals surface area contributed by atoms with Gasteiger partial charge in [-0.1, -0.05) is 6.07 Å². The Morgan fingerprint density at radius 1 is 1.38 bits per heavy atom. The molecule has 1 aliphatic rings. The number of rotatable bonds is 3. The molecule has 0 aliphatic heterocycles. The molecule has 0 spiro atoms. The molecule has 0 unspecified atom stereocenters. The lowest BCUT2D eigenvalue weighted by molar-refractivity contribution is 1.00. The maximum absolute atomic E-state index is 4.35. The second kappa shape index (κ2) is 4.08. The Balaban J connectivity index is 1.95. The van der Waals surface area contributed by atoms with Crippen molar-refractivity contribution in [1.82, 2.24) is 9.55 Å². The van der Waals surface area contributed by atoms with Crippen LogP contribution < -0.4 is 5.32 Å². The van der Waals surface area contributed by atoms with Crippen LogP contribution >= 0.6 is 22.6 Å². The van der Waals surface area contributed by atoms with Crippen LogP contribution in [0.2, 0.25) is 0 Å². The summed E-state index contributed by atoms with van der Waals surface area (Å²) in [5.74, 6) is 0.949. The van der Waals surface area contributed by atoms with Gasteiger partial charge >= 0.3 is 0 Å². The van der Waals surface area contributed by atoms with E-state index in [0.29, 0.717) is 6.04 Å². The summed E-state index contributed by atoms with van der Waals surface area (Å²) in [7, 11) is 0. The van der Waals surface area contributed by atoms with Gasteiger partial charge in [-0.15, -0.1) is 0 Å². The number of anilines is 1. The van der Waals surface area contributed by atoms with E-state index in [2.05, 4.69) is 61.7 Å². The third-order valence-electron chi connectivity index (χ3n) is 2.64. The van der Waals surface area contributed by atoms with Gasteiger partial charge in [0.1, 0.15) is 0 Å². The summed E-state index contributed by atoms with van der Waals surface area (Å²) in [5.41, 5.74) is 1.16. The number of hydrogen-bond acceptors (Lipinski definition) is 2. The van der Waals surface area contributed by atoms with Crippen LogP contribution in [0.3, 0.4) is 0 Å². The molecule has 1 aliphatic carbocycles. The number of halogens is 1. The maximum Gasteiger partial charge on any atom is 0.207 e. The van der Waals surface area contributed by atoms with Crippen LogP contribution in [-0.2, 0) is 0 Å². The van der Waals surface area contributed by atoms with Crippen molar-refractivity contribution in [3.8, 4) is 5.69 Å². The molecule has 3 nitrogen and oxygen atoms in total. The molecule has 16 heavy (non-hydrogen) atoms. The van der Waals surface area contributed by atoms with Gasteiger partial charge in [0, 0.05) is 27.7 Å². The first kappa shape index (κ1) is 10.1. The zero-order valence-electron chi connectivity index (χ0n) is 8.73. The molecule has 1 N–H and O–H groups in total. The first-order valence-electron chi connectivity index (χ1n) is 5.39. The van der Waals surface area contributed by atoms with Gasteiger partial charge in [-0.3, -0.25) is 4.57 Å². The first-order valence-corrected chi connectivity index (χ1v) is 6.46. The molecule has 1 fully saturated rings. The molecule has 0 amide bonds. The fourth-order valence-electron chi connectivity index (χ4n) is 1.65. The molecule has 0 saturated heterocycles. The standard InChI is InChI=1S/C12H12IN3/c13-9-2-1-3-11(8-9)16-7-6-14-12(16)15-10-4-5-10/h1-3,6-8,10H,4-5H2,(H,14,15).